The molecule has 2 rings (SSSR count). The third-order valence-electron chi connectivity index (χ3n) is 3.43. The van der Waals surface area contributed by atoms with Crippen molar-refractivity contribution in [2.45, 2.75) is 25.3 Å². The highest BCUT2D eigenvalue weighted by Crippen LogP contribution is 2.32. The lowest BCUT2D eigenvalue weighted by molar-refractivity contribution is -0.124. The van der Waals surface area contributed by atoms with Gasteiger partial charge in [-0.15, -0.1) is 0 Å². The molecule has 1 aliphatic rings. The average molecular weight is 287 g/mol. The predicted molar refractivity (Wildman–Crippen MR) is 73.7 cm³/mol. The summed E-state index contributed by atoms with van der Waals surface area (Å²) in [6.45, 7) is 2.57. The topological polar surface area (TPSA) is 55.1 Å². The smallest absolute Gasteiger partial charge is 0.242 e. The first-order chi connectivity index (χ1) is 8.43. The molecule has 1 aliphatic carbocycles. The second kappa shape index (κ2) is 5.08. The fraction of sp³-hybridized carbons (Fsp3) is 0.462. The van der Waals surface area contributed by atoms with Gasteiger partial charge in [-0.25, -0.2) is 0 Å². The van der Waals surface area contributed by atoms with Crippen LogP contribution in [0, 0.1) is 5.92 Å². The summed E-state index contributed by atoms with van der Waals surface area (Å²) in [5.74, 6) is 0.244. The van der Waals surface area contributed by atoms with Gasteiger partial charge in [0.25, 0.3) is 0 Å². The number of rotatable bonds is 5. The maximum atomic E-state index is 11.7. The molecule has 1 amide bonds. The van der Waals surface area contributed by atoms with E-state index < -0.39 is 11.4 Å². The van der Waals surface area contributed by atoms with E-state index >= 15 is 0 Å². The third-order valence-corrected chi connectivity index (χ3v) is 4.17. The molecule has 1 saturated carbocycles. The highest BCUT2D eigenvalue weighted by atomic mass is 35.5. The monoisotopic (exact) mass is 286 g/mol. The normalized spacial score (nSPS) is 18.4. The summed E-state index contributed by atoms with van der Waals surface area (Å²) < 4.78 is 0. The van der Waals surface area contributed by atoms with Crippen molar-refractivity contribution in [3.63, 3.8) is 0 Å². The van der Waals surface area contributed by atoms with Crippen LogP contribution < -0.4 is 11.1 Å². The molecule has 18 heavy (non-hydrogen) atoms. The van der Waals surface area contributed by atoms with E-state index in [1.54, 1.807) is 25.1 Å². The first kappa shape index (κ1) is 13.7. The van der Waals surface area contributed by atoms with Gasteiger partial charge in [0.1, 0.15) is 5.54 Å². The Balaban J connectivity index is 2.26. The number of nitrogens with two attached hydrogens (primary N) is 1. The van der Waals surface area contributed by atoms with Gasteiger partial charge in [-0.05, 0) is 49.9 Å². The fourth-order valence-electron chi connectivity index (χ4n) is 1.81. The van der Waals surface area contributed by atoms with Crippen LogP contribution in [-0.4, -0.2) is 12.5 Å². The summed E-state index contributed by atoms with van der Waals surface area (Å²) in [7, 11) is 0. The molecular weight excluding hydrogens is 271 g/mol. The number of benzene rings is 1. The van der Waals surface area contributed by atoms with E-state index in [2.05, 4.69) is 5.32 Å². The fourth-order valence-corrected chi connectivity index (χ4v) is 2.11. The van der Waals surface area contributed by atoms with E-state index in [4.69, 9.17) is 28.9 Å². The van der Waals surface area contributed by atoms with Crippen molar-refractivity contribution in [3.8, 4) is 0 Å². The second-order valence-electron chi connectivity index (χ2n) is 4.94. The molecule has 1 unspecified atom stereocenters. The minimum absolute atomic E-state index is 0.415. The molecular formula is C13H16Cl2N2O. The van der Waals surface area contributed by atoms with Gasteiger partial charge in [-0.2, -0.15) is 0 Å². The Kier molecular flexibility index (Phi) is 3.85. The summed E-state index contributed by atoms with van der Waals surface area (Å²) in [5, 5.41) is 4.14. The molecule has 0 aliphatic heterocycles. The van der Waals surface area contributed by atoms with E-state index in [0.29, 0.717) is 16.0 Å². The molecule has 0 bridgehead atoms. The zero-order chi connectivity index (χ0) is 13.3. The van der Waals surface area contributed by atoms with Crippen molar-refractivity contribution in [1.29, 1.82) is 0 Å². The minimum Gasteiger partial charge on any atom is -0.368 e. The number of hydrogen-bond acceptors (Lipinski definition) is 2. The number of primary amides is 1. The molecule has 0 aromatic heterocycles. The molecule has 0 heterocycles. The minimum atomic E-state index is -0.906. The van der Waals surface area contributed by atoms with Crippen molar-refractivity contribution >= 4 is 29.1 Å². The highest BCUT2D eigenvalue weighted by Gasteiger charge is 2.35. The number of carbonyl (C=O) groups is 1. The molecule has 0 spiro atoms. The molecule has 1 fully saturated rings. The van der Waals surface area contributed by atoms with Crippen LogP contribution in [0.4, 0.5) is 0 Å². The first-order valence-corrected chi connectivity index (χ1v) is 6.69. The molecule has 0 saturated heterocycles. The molecule has 3 N–H and O–H groups in total. The molecule has 98 valence electrons. The standard InChI is InChI=1S/C13H16Cl2N2O/c1-13(12(16)18,17-7-8-2-3-8)9-4-5-10(14)11(15)6-9/h4-6,8,17H,2-3,7H2,1H3,(H2,16,18). The number of nitrogens with one attached hydrogen (secondary N) is 1. The Morgan fingerprint density at radius 2 is 2.11 bits per heavy atom. The Labute approximate surface area is 117 Å². The zero-order valence-corrected chi connectivity index (χ0v) is 11.7. The van der Waals surface area contributed by atoms with Gasteiger partial charge in [0.15, 0.2) is 0 Å². The molecule has 1 aromatic rings. The summed E-state index contributed by atoms with van der Waals surface area (Å²) in [5.41, 5.74) is 5.36. The van der Waals surface area contributed by atoms with Crippen LogP contribution in [0.1, 0.15) is 25.3 Å². The van der Waals surface area contributed by atoms with Crippen molar-refractivity contribution in [1.82, 2.24) is 5.32 Å². The van der Waals surface area contributed by atoms with E-state index in [9.17, 15) is 4.79 Å². The maximum Gasteiger partial charge on any atom is 0.242 e. The summed E-state index contributed by atoms with van der Waals surface area (Å²) in [6, 6.07) is 5.15. The van der Waals surface area contributed by atoms with Gasteiger partial charge in [-0.1, -0.05) is 29.3 Å². The second-order valence-corrected chi connectivity index (χ2v) is 5.76. The number of hydrogen-bond donors (Lipinski definition) is 2. The van der Waals surface area contributed by atoms with Crippen molar-refractivity contribution in [2.24, 2.45) is 11.7 Å². The third kappa shape index (κ3) is 2.79. The summed E-state index contributed by atoms with van der Waals surface area (Å²) in [4.78, 5) is 11.7. The summed E-state index contributed by atoms with van der Waals surface area (Å²) in [6.07, 6.45) is 2.42. The van der Waals surface area contributed by atoms with E-state index in [-0.39, 0.29) is 0 Å². The van der Waals surface area contributed by atoms with Crippen LogP contribution in [0.25, 0.3) is 0 Å². The lowest BCUT2D eigenvalue weighted by Crippen LogP contribution is -2.51. The van der Waals surface area contributed by atoms with Crippen molar-refractivity contribution in [2.75, 3.05) is 6.54 Å². The first-order valence-electron chi connectivity index (χ1n) is 5.94. The zero-order valence-electron chi connectivity index (χ0n) is 10.2. The average Bonchev–Trinajstić information content (AvgIpc) is 3.13. The Morgan fingerprint density at radius 1 is 1.44 bits per heavy atom. The largest absolute Gasteiger partial charge is 0.368 e. The SMILES string of the molecule is CC(NCC1CC1)(C(N)=O)c1ccc(Cl)c(Cl)c1. The van der Waals surface area contributed by atoms with Crippen LogP contribution in [0.5, 0.6) is 0 Å². The maximum absolute atomic E-state index is 11.7. The van der Waals surface area contributed by atoms with Crippen LogP contribution in [0.15, 0.2) is 18.2 Å². The Morgan fingerprint density at radius 3 is 2.61 bits per heavy atom. The quantitative estimate of drug-likeness (QED) is 0.874. The van der Waals surface area contributed by atoms with Gasteiger partial charge in [-0.3, -0.25) is 10.1 Å². The van der Waals surface area contributed by atoms with Gasteiger partial charge < -0.3 is 5.73 Å². The lowest BCUT2D eigenvalue weighted by Gasteiger charge is -2.28. The number of carbonyl (C=O) groups excluding carboxylic acids is 1. The van der Waals surface area contributed by atoms with Gasteiger partial charge in [0.05, 0.1) is 10.0 Å². The molecule has 5 heteroatoms. The summed E-state index contributed by atoms with van der Waals surface area (Å²) >= 11 is 11.9. The van der Waals surface area contributed by atoms with Crippen LogP contribution >= 0.6 is 23.2 Å². The van der Waals surface area contributed by atoms with Crippen molar-refractivity contribution in [3.05, 3.63) is 33.8 Å². The highest BCUT2D eigenvalue weighted by molar-refractivity contribution is 6.42. The lowest BCUT2D eigenvalue weighted by atomic mass is 9.91. The number of halogens is 2. The van der Waals surface area contributed by atoms with Gasteiger partial charge in [0.2, 0.25) is 5.91 Å². The van der Waals surface area contributed by atoms with E-state index in [1.807, 2.05) is 0 Å². The Hall–Kier alpha value is -0.770. The molecule has 0 radical (unpaired) electrons. The Bertz CT molecular complexity index is 474. The van der Waals surface area contributed by atoms with Crippen molar-refractivity contribution < 1.29 is 4.79 Å². The van der Waals surface area contributed by atoms with Gasteiger partial charge in [0, 0.05) is 0 Å². The molecule has 1 atom stereocenters. The van der Waals surface area contributed by atoms with E-state index in [1.165, 1.54) is 12.8 Å². The molecule has 3 nitrogen and oxygen atoms in total. The molecule has 1 aromatic carbocycles. The van der Waals surface area contributed by atoms with Crippen LogP contribution in [0.2, 0.25) is 10.0 Å². The predicted octanol–water partition coefficient (Wildman–Crippen LogP) is 2.69. The number of amides is 1. The van der Waals surface area contributed by atoms with Crippen LogP contribution in [-0.2, 0) is 10.3 Å². The van der Waals surface area contributed by atoms with E-state index in [0.717, 1.165) is 12.1 Å². The van der Waals surface area contributed by atoms with Crippen LogP contribution in [0.3, 0.4) is 0 Å². The van der Waals surface area contributed by atoms with Gasteiger partial charge >= 0.3 is 0 Å².